The van der Waals surface area contributed by atoms with E-state index in [-0.39, 0.29) is 0 Å². The number of aryl methyl sites for hydroxylation is 1. The Bertz CT molecular complexity index is 1120. The van der Waals surface area contributed by atoms with Crippen LogP contribution in [0.5, 0.6) is 5.75 Å². The Morgan fingerprint density at radius 3 is 2.79 bits per heavy atom. The zero-order valence-electron chi connectivity index (χ0n) is 19.4. The third-order valence-electron chi connectivity index (χ3n) is 6.79. The average Bonchev–Trinajstić information content (AvgIpc) is 2.86. The van der Waals surface area contributed by atoms with Crippen molar-refractivity contribution in [2.75, 3.05) is 32.5 Å². The van der Waals surface area contributed by atoms with Crippen LogP contribution in [-0.4, -0.2) is 58.4 Å². The summed E-state index contributed by atoms with van der Waals surface area (Å²) in [6.45, 7) is 2.59. The molecule has 1 aliphatic heterocycles. The molecule has 0 spiro atoms. The number of carboxylic acids is 1. The van der Waals surface area contributed by atoms with Crippen LogP contribution in [0.3, 0.4) is 0 Å². The van der Waals surface area contributed by atoms with Gasteiger partial charge in [0, 0.05) is 41.2 Å². The molecule has 0 saturated carbocycles. The van der Waals surface area contributed by atoms with Gasteiger partial charge in [-0.05, 0) is 81.1 Å². The minimum absolute atomic E-state index is 0.617. The molecule has 1 saturated heterocycles. The third kappa shape index (κ3) is 5.82. The van der Waals surface area contributed by atoms with Gasteiger partial charge >= 0.3 is 5.97 Å². The highest BCUT2D eigenvalue weighted by Gasteiger charge is 2.40. The van der Waals surface area contributed by atoms with Crippen LogP contribution in [0, 0.1) is 5.41 Å². The molecule has 8 heteroatoms. The van der Waals surface area contributed by atoms with Crippen LogP contribution < -0.4 is 4.74 Å². The minimum atomic E-state index is -0.677. The number of piperidine rings is 1. The molecule has 180 valence electrons. The Labute approximate surface area is 209 Å². The van der Waals surface area contributed by atoms with Gasteiger partial charge in [-0.3, -0.25) is 14.8 Å². The highest BCUT2D eigenvalue weighted by Crippen LogP contribution is 2.38. The molecule has 0 atom stereocenters. The van der Waals surface area contributed by atoms with Gasteiger partial charge in [-0.15, -0.1) is 11.8 Å². The number of pyridine rings is 2. The molecule has 0 amide bonds. The Morgan fingerprint density at radius 1 is 1.26 bits per heavy atom. The van der Waals surface area contributed by atoms with Crippen molar-refractivity contribution in [3.8, 4) is 5.75 Å². The number of thioether (sulfide) groups is 1. The summed E-state index contributed by atoms with van der Waals surface area (Å²) in [5.74, 6) is 1.06. The van der Waals surface area contributed by atoms with Gasteiger partial charge in [0.2, 0.25) is 0 Å². The molecule has 0 aliphatic carbocycles. The summed E-state index contributed by atoms with van der Waals surface area (Å²) >= 11 is 8.29. The number of likely N-dealkylation sites (tertiary alicyclic amines) is 1. The first-order chi connectivity index (χ1) is 16.5. The van der Waals surface area contributed by atoms with E-state index in [2.05, 4.69) is 20.9 Å². The number of aliphatic carboxylic acids is 1. The van der Waals surface area contributed by atoms with E-state index in [0.29, 0.717) is 30.7 Å². The van der Waals surface area contributed by atoms with Crippen molar-refractivity contribution in [3.05, 3.63) is 59.5 Å². The number of fused-ring (bicyclic) bond motifs is 1. The van der Waals surface area contributed by atoms with E-state index in [0.717, 1.165) is 54.0 Å². The number of halogens is 1. The van der Waals surface area contributed by atoms with Crippen LogP contribution in [0.15, 0.2) is 53.8 Å². The van der Waals surface area contributed by atoms with Crippen LogP contribution in [0.4, 0.5) is 0 Å². The Hall–Kier alpha value is -2.35. The molecular formula is C26H30ClN3O3S. The molecule has 0 radical (unpaired) electrons. The first kappa shape index (κ1) is 24.8. The summed E-state index contributed by atoms with van der Waals surface area (Å²) in [7, 11) is 1.64. The fourth-order valence-electron chi connectivity index (χ4n) is 4.69. The van der Waals surface area contributed by atoms with Crippen molar-refractivity contribution in [3.63, 3.8) is 0 Å². The number of methoxy groups -OCH3 is 1. The maximum Gasteiger partial charge on any atom is 0.309 e. The molecule has 3 aromatic rings. The van der Waals surface area contributed by atoms with Crippen molar-refractivity contribution in [2.24, 2.45) is 5.41 Å². The number of carbonyl (C=O) groups is 1. The number of carboxylic acid groups (broad SMARTS) is 1. The highest BCUT2D eigenvalue weighted by molar-refractivity contribution is 7.99. The maximum absolute atomic E-state index is 12.3. The van der Waals surface area contributed by atoms with E-state index in [1.165, 1.54) is 4.90 Å². The van der Waals surface area contributed by atoms with E-state index in [9.17, 15) is 9.90 Å². The summed E-state index contributed by atoms with van der Waals surface area (Å²) in [6, 6.07) is 9.78. The molecular weight excluding hydrogens is 470 g/mol. The number of aromatic nitrogens is 2. The monoisotopic (exact) mass is 499 g/mol. The molecule has 3 heterocycles. The lowest BCUT2D eigenvalue weighted by atomic mass is 9.74. The zero-order chi connectivity index (χ0) is 24.0. The molecule has 6 nitrogen and oxygen atoms in total. The SMILES string of the molecule is COc1ccc2ncc(Cl)c(CCCC3(C(=O)O)CCN(CCSc4cccnc4)CC3)c2c1. The Morgan fingerprint density at radius 2 is 2.09 bits per heavy atom. The molecule has 1 aliphatic rings. The second-order valence-corrected chi connectivity index (χ2v) is 10.4. The standard InChI is InChI=1S/C26H30ClN3O3S/c1-33-19-6-7-24-22(16-19)21(23(27)18-29-24)5-2-8-26(25(31)32)9-12-30(13-10-26)14-15-34-20-4-3-11-28-17-20/h3-4,6-7,11,16-18H,2,5,8-10,12-15H2,1H3,(H,31,32). The number of hydrogen-bond donors (Lipinski definition) is 1. The average molecular weight is 500 g/mol. The molecule has 0 bridgehead atoms. The lowest BCUT2D eigenvalue weighted by Crippen LogP contribution is -2.45. The van der Waals surface area contributed by atoms with E-state index in [1.807, 2.05) is 30.5 Å². The van der Waals surface area contributed by atoms with E-state index in [4.69, 9.17) is 16.3 Å². The van der Waals surface area contributed by atoms with Gasteiger partial charge in [0.25, 0.3) is 0 Å². The van der Waals surface area contributed by atoms with Crippen molar-refractivity contribution >= 4 is 40.2 Å². The lowest BCUT2D eigenvalue weighted by Gasteiger charge is -2.39. The topological polar surface area (TPSA) is 75.6 Å². The minimum Gasteiger partial charge on any atom is -0.497 e. The normalized spacial score (nSPS) is 15.9. The summed E-state index contributed by atoms with van der Waals surface area (Å²) in [5, 5.41) is 11.7. The molecule has 1 N–H and O–H groups in total. The fourth-order valence-corrected chi connectivity index (χ4v) is 5.83. The first-order valence-corrected chi connectivity index (χ1v) is 13.0. The second kappa shape index (κ2) is 11.4. The Kier molecular flexibility index (Phi) is 8.29. The number of rotatable bonds is 10. The van der Waals surface area contributed by atoms with Gasteiger partial charge in [-0.1, -0.05) is 11.6 Å². The van der Waals surface area contributed by atoms with E-state index in [1.54, 1.807) is 31.3 Å². The van der Waals surface area contributed by atoms with E-state index >= 15 is 0 Å². The van der Waals surface area contributed by atoms with Crippen molar-refractivity contribution in [1.29, 1.82) is 0 Å². The van der Waals surface area contributed by atoms with Crippen molar-refractivity contribution in [2.45, 2.75) is 37.0 Å². The summed E-state index contributed by atoms with van der Waals surface area (Å²) in [6.07, 6.45) is 8.82. The summed E-state index contributed by atoms with van der Waals surface area (Å²) in [5.41, 5.74) is 1.21. The number of nitrogens with zero attached hydrogens (tertiary/aromatic N) is 3. The molecule has 34 heavy (non-hydrogen) atoms. The maximum atomic E-state index is 12.3. The van der Waals surface area contributed by atoms with Gasteiger partial charge in [-0.25, -0.2) is 0 Å². The van der Waals surface area contributed by atoms with Crippen LogP contribution >= 0.6 is 23.4 Å². The largest absolute Gasteiger partial charge is 0.497 e. The molecule has 1 fully saturated rings. The van der Waals surface area contributed by atoms with Crippen LogP contribution in [0.2, 0.25) is 5.02 Å². The predicted molar refractivity (Wildman–Crippen MR) is 137 cm³/mol. The number of ether oxygens (including phenoxy) is 1. The van der Waals surface area contributed by atoms with Crippen LogP contribution in [0.25, 0.3) is 10.9 Å². The van der Waals surface area contributed by atoms with Crippen molar-refractivity contribution in [1.82, 2.24) is 14.9 Å². The van der Waals surface area contributed by atoms with E-state index < -0.39 is 11.4 Å². The lowest BCUT2D eigenvalue weighted by molar-refractivity contribution is -0.152. The van der Waals surface area contributed by atoms with Gasteiger partial charge in [0.15, 0.2) is 0 Å². The highest BCUT2D eigenvalue weighted by atomic mass is 35.5. The third-order valence-corrected chi connectivity index (χ3v) is 8.08. The van der Waals surface area contributed by atoms with Crippen molar-refractivity contribution < 1.29 is 14.6 Å². The first-order valence-electron chi connectivity index (χ1n) is 11.6. The molecule has 1 aromatic carbocycles. The predicted octanol–water partition coefficient (Wildman–Crippen LogP) is 5.57. The molecule has 2 aromatic heterocycles. The smallest absolute Gasteiger partial charge is 0.309 e. The molecule has 0 unspecified atom stereocenters. The second-order valence-electron chi connectivity index (χ2n) is 8.79. The summed E-state index contributed by atoms with van der Waals surface area (Å²) in [4.78, 5) is 24.4. The van der Waals surface area contributed by atoms with Crippen LogP contribution in [0.1, 0.15) is 31.2 Å². The quantitative estimate of drug-likeness (QED) is 0.365. The molecule has 4 rings (SSSR count). The number of benzene rings is 1. The van der Waals surface area contributed by atoms with Gasteiger partial charge in [0.05, 0.1) is 23.1 Å². The van der Waals surface area contributed by atoms with Gasteiger partial charge < -0.3 is 14.7 Å². The van der Waals surface area contributed by atoms with Gasteiger partial charge in [0.1, 0.15) is 5.75 Å². The summed E-state index contributed by atoms with van der Waals surface area (Å²) < 4.78 is 5.37. The van der Waals surface area contributed by atoms with Crippen LogP contribution in [-0.2, 0) is 11.2 Å². The fraction of sp³-hybridized carbons (Fsp3) is 0.423. The zero-order valence-corrected chi connectivity index (χ0v) is 20.9. The Balaban J connectivity index is 1.34. The number of hydrogen-bond acceptors (Lipinski definition) is 6. The van der Waals surface area contributed by atoms with Gasteiger partial charge in [-0.2, -0.15) is 0 Å².